The fourth-order valence-electron chi connectivity index (χ4n) is 3.43. The zero-order chi connectivity index (χ0) is 13.9. The number of methoxy groups -OCH3 is 1. The maximum atomic E-state index is 5.61. The Kier molecular flexibility index (Phi) is 3.86. The number of hydrogen-bond acceptors (Lipinski definition) is 3. The van der Waals surface area contributed by atoms with Crippen LogP contribution in [0.25, 0.3) is 0 Å². The Hall–Kier alpha value is -1.64. The number of rotatable bonds is 6. The maximum Gasteiger partial charge on any atom is 0.163 e. The highest BCUT2D eigenvalue weighted by Crippen LogP contribution is 2.43. The highest BCUT2D eigenvalue weighted by molar-refractivity contribution is 5.54. The van der Waals surface area contributed by atoms with Crippen molar-refractivity contribution in [2.24, 2.45) is 17.8 Å². The first-order valence-corrected chi connectivity index (χ1v) is 7.53. The SMILES string of the molecule is CCOc1cc(NCC2CC3C=CC2C3)ccc1OC. The number of ether oxygens (including phenoxy) is 2. The van der Waals surface area contributed by atoms with Crippen LogP contribution in [0.3, 0.4) is 0 Å². The highest BCUT2D eigenvalue weighted by Gasteiger charge is 2.35. The molecule has 3 unspecified atom stereocenters. The third kappa shape index (κ3) is 2.62. The predicted octanol–water partition coefficient (Wildman–Crippen LogP) is 3.72. The lowest BCUT2D eigenvalue weighted by Gasteiger charge is -2.20. The summed E-state index contributed by atoms with van der Waals surface area (Å²) in [5.41, 5.74) is 1.11. The Morgan fingerprint density at radius 2 is 2.10 bits per heavy atom. The van der Waals surface area contributed by atoms with E-state index in [0.717, 1.165) is 41.5 Å². The lowest BCUT2D eigenvalue weighted by molar-refractivity contribution is 0.311. The first-order valence-electron chi connectivity index (χ1n) is 7.53. The molecule has 0 heterocycles. The van der Waals surface area contributed by atoms with Crippen molar-refractivity contribution in [3.63, 3.8) is 0 Å². The quantitative estimate of drug-likeness (QED) is 0.801. The average molecular weight is 273 g/mol. The third-order valence-corrected chi connectivity index (χ3v) is 4.45. The van der Waals surface area contributed by atoms with Crippen molar-refractivity contribution in [1.82, 2.24) is 0 Å². The number of allylic oxidation sites excluding steroid dienone is 2. The van der Waals surface area contributed by atoms with Gasteiger partial charge in [0, 0.05) is 18.3 Å². The van der Waals surface area contributed by atoms with Crippen LogP contribution in [0.5, 0.6) is 11.5 Å². The molecule has 20 heavy (non-hydrogen) atoms. The van der Waals surface area contributed by atoms with Gasteiger partial charge in [0.25, 0.3) is 0 Å². The molecule has 0 spiro atoms. The smallest absolute Gasteiger partial charge is 0.163 e. The van der Waals surface area contributed by atoms with Crippen LogP contribution in [0.2, 0.25) is 0 Å². The summed E-state index contributed by atoms with van der Waals surface area (Å²) in [5, 5.41) is 3.55. The van der Waals surface area contributed by atoms with Gasteiger partial charge in [-0.15, -0.1) is 0 Å². The molecular weight excluding hydrogens is 250 g/mol. The Morgan fingerprint density at radius 1 is 1.20 bits per heavy atom. The predicted molar refractivity (Wildman–Crippen MR) is 81.5 cm³/mol. The van der Waals surface area contributed by atoms with Crippen molar-refractivity contribution in [3.05, 3.63) is 30.4 Å². The van der Waals surface area contributed by atoms with Crippen LogP contribution < -0.4 is 14.8 Å². The lowest BCUT2D eigenvalue weighted by atomic mass is 9.93. The first kappa shape index (κ1) is 13.3. The molecular formula is C17H23NO2. The van der Waals surface area contributed by atoms with Gasteiger partial charge in [0.2, 0.25) is 0 Å². The second-order valence-electron chi connectivity index (χ2n) is 5.72. The zero-order valence-electron chi connectivity index (χ0n) is 12.3. The molecule has 0 saturated heterocycles. The van der Waals surface area contributed by atoms with Gasteiger partial charge in [-0.2, -0.15) is 0 Å². The first-order chi connectivity index (χ1) is 9.80. The number of nitrogens with one attached hydrogen (secondary N) is 1. The number of fused-ring (bicyclic) bond motifs is 2. The summed E-state index contributed by atoms with van der Waals surface area (Å²) < 4.78 is 10.9. The standard InChI is InChI=1S/C17H23NO2/c1-3-20-17-10-15(6-7-16(17)19-2)18-11-14-9-12-4-5-13(14)8-12/h4-7,10,12-14,18H,3,8-9,11H2,1-2H3. The van der Waals surface area contributed by atoms with Crippen LogP contribution >= 0.6 is 0 Å². The second kappa shape index (κ2) is 5.78. The topological polar surface area (TPSA) is 30.5 Å². The summed E-state index contributed by atoms with van der Waals surface area (Å²) in [6.45, 7) is 3.68. The van der Waals surface area contributed by atoms with E-state index in [0.29, 0.717) is 6.61 Å². The molecule has 0 amide bonds. The Labute approximate surface area is 121 Å². The van der Waals surface area contributed by atoms with Crippen molar-refractivity contribution in [3.8, 4) is 11.5 Å². The Balaban J connectivity index is 1.62. The molecule has 3 nitrogen and oxygen atoms in total. The third-order valence-electron chi connectivity index (χ3n) is 4.45. The lowest BCUT2D eigenvalue weighted by Crippen LogP contribution is -2.18. The van der Waals surface area contributed by atoms with Crippen LogP contribution in [-0.2, 0) is 0 Å². The summed E-state index contributed by atoms with van der Waals surface area (Å²) in [6.07, 6.45) is 7.49. The van der Waals surface area contributed by atoms with E-state index in [1.54, 1.807) is 7.11 Å². The van der Waals surface area contributed by atoms with E-state index < -0.39 is 0 Å². The molecule has 0 aliphatic heterocycles. The van der Waals surface area contributed by atoms with Gasteiger partial charge in [-0.3, -0.25) is 0 Å². The summed E-state index contributed by atoms with van der Waals surface area (Å²) >= 11 is 0. The Morgan fingerprint density at radius 3 is 2.75 bits per heavy atom. The van der Waals surface area contributed by atoms with Crippen LogP contribution in [-0.4, -0.2) is 20.3 Å². The summed E-state index contributed by atoms with van der Waals surface area (Å²) in [6, 6.07) is 6.06. The average Bonchev–Trinajstić information content (AvgIpc) is 3.08. The van der Waals surface area contributed by atoms with Gasteiger partial charge >= 0.3 is 0 Å². The molecule has 3 rings (SSSR count). The normalized spacial score (nSPS) is 26.8. The van der Waals surface area contributed by atoms with E-state index in [4.69, 9.17) is 9.47 Å². The molecule has 1 saturated carbocycles. The van der Waals surface area contributed by atoms with Crippen molar-refractivity contribution >= 4 is 5.69 Å². The summed E-state index contributed by atoms with van der Waals surface area (Å²) in [4.78, 5) is 0. The van der Waals surface area contributed by atoms with Crippen molar-refractivity contribution < 1.29 is 9.47 Å². The summed E-state index contributed by atoms with van der Waals surface area (Å²) in [7, 11) is 1.67. The maximum absolute atomic E-state index is 5.61. The van der Waals surface area contributed by atoms with Crippen LogP contribution in [0.4, 0.5) is 5.69 Å². The monoisotopic (exact) mass is 273 g/mol. The van der Waals surface area contributed by atoms with Crippen molar-refractivity contribution in [1.29, 1.82) is 0 Å². The molecule has 0 radical (unpaired) electrons. The summed E-state index contributed by atoms with van der Waals surface area (Å²) in [5.74, 6) is 4.01. The van der Waals surface area contributed by atoms with Crippen molar-refractivity contribution in [2.45, 2.75) is 19.8 Å². The van der Waals surface area contributed by atoms with E-state index in [2.05, 4.69) is 23.5 Å². The van der Waals surface area contributed by atoms with Gasteiger partial charge in [-0.1, -0.05) is 12.2 Å². The number of benzene rings is 1. The largest absolute Gasteiger partial charge is 0.493 e. The second-order valence-corrected chi connectivity index (χ2v) is 5.72. The minimum atomic E-state index is 0.650. The fraction of sp³-hybridized carbons (Fsp3) is 0.529. The molecule has 108 valence electrons. The fourth-order valence-corrected chi connectivity index (χ4v) is 3.43. The highest BCUT2D eigenvalue weighted by atomic mass is 16.5. The zero-order valence-corrected chi connectivity index (χ0v) is 12.3. The van der Waals surface area contributed by atoms with Gasteiger partial charge in [-0.25, -0.2) is 0 Å². The molecule has 2 aliphatic rings. The minimum Gasteiger partial charge on any atom is -0.493 e. The molecule has 0 aromatic heterocycles. The van der Waals surface area contributed by atoms with E-state index in [9.17, 15) is 0 Å². The van der Waals surface area contributed by atoms with Crippen molar-refractivity contribution in [2.75, 3.05) is 25.6 Å². The van der Waals surface area contributed by atoms with Crippen LogP contribution in [0.15, 0.2) is 30.4 Å². The molecule has 1 fully saturated rings. The molecule has 2 aliphatic carbocycles. The Bertz CT molecular complexity index is 498. The number of anilines is 1. The number of hydrogen-bond donors (Lipinski definition) is 1. The van der Waals surface area contributed by atoms with Gasteiger partial charge in [0.15, 0.2) is 11.5 Å². The van der Waals surface area contributed by atoms with Crippen LogP contribution in [0.1, 0.15) is 19.8 Å². The molecule has 1 N–H and O–H groups in total. The van der Waals surface area contributed by atoms with Gasteiger partial charge in [0.05, 0.1) is 13.7 Å². The van der Waals surface area contributed by atoms with Gasteiger partial charge in [0.1, 0.15) is 0 Å². The van der Waals surface area contributed by atoms with Gasteiger partial charge < -0.3 is 14.8 Å². The van der Waals surface area contributed by atoms with E-state index in [-0.39, 0.29) is 0 Å². The van der Waals surface area contributed by atoms with E-state index in [1.165, 1.54) is 12.8 Å². The van der Waals surface area contributed by atoms with Gasteiger partial charge in [-0.05, 0) is 49.7 Å². The minimum absolute atomic E-state index is 0.650. The molecule has 2 bridgehead atoms. The molecule has 3 atom stereocenters. The van der Waals surface area contributed by atoms with E-state index in [1.807, 2.05) is 19.1 Å². The van der Waals surface area contributed by atoms with Crippen LogP contribution in [0, 0.1) is 17.8 Å². The molecule has 1 aromatic rings. The molecule has 3 heteroatoms. The van der Waals surface area contributed by atoms with E-state index >= 15 is 0 Å². The molecule has 1 aromatic carbocycles.